The predicted octanol–water partition coefficient (Wildman–Crippen LogP) is 2.81. The van der Waals surface area contributed by atoms with Gasteiger partial charge in [0.25, 0.3) is 5.91 Å². The highest BCUT2D eigenvalue weighted by molar-refractivity contribution is 6.05. The first-order valence-corrected chi connectivity index (χ1v) is 6.51. The van der Waals surface area contributed by atoms with Crippen molar-refractivity contribution < 1.29 is 13.6 Å². The highest BCUT2D eigenvalue weighted by Gasteiger charge is 2.14. The zero-order valence-electron chi connectivity index (χ0n) is 11.9. The molecule has 0 saturated heterocycles. The molecule has 0 aliphatic rings. The molecule has 1 N–H and O–H groups in total. The van der Waals surface area contributed by atoms with Crippen molar-refractivity contribution in [2.45, 2.75) is 6.92 Å². The van der Waals surface area contributed by atoms with Gasteiger partial charge in [-0.2, -0.15) is 5.10 Å². The zero-order valence-corrected chi connectivity index (χ0v) is 11.9. The second-order valence-corrected chi connectivity index (χ2v) is 4.88. The summed E-state index contributed by atoms with van der Waals surface area (Å²) in [5.41, 5.74) is 1.46. The van der Waals surface area contributed by atoms with Crippen molar-refractivity contribution in [2.24, 2.45) is 7.05 Å². The highest BCUT2D eigenvalue weighted by Crippen LogP contribution is 2.20. The molecule has 5 nitrogen and oxygen atoms in total. The molecule has 1 amide bonds. The number of aromatic nitrogens is 3. The summed E-state index contributed by atoms with van der Waals surface area (Å²) in [4.78, 5) is 16.3. The van der Waals surface area contributed by atoms with E-state index in [-0.39, 0.29) is 5.56 Å². The fourth-order valence-electron chi connectivity index (χ4n) is 2.25. The Morgan fingerprint density at radius 2 is 2.05 bits per heavy atom. The molecule has 0 unspecified atom stereocenters. The Morgan fingerprint density at radius 1 is 1.27 bits per heavy atom. The van der Waals surface area contributed by atoms with Gasteiger partial charge in [0.05, 0.1) is 23.1 Å². The number of hydrogen-bond donors (Lipinski definition) is 1. The maximum absolute atomic E-state index is 13.6. The number of carbonyl (C=O) groups is 1. The van der Waals surface area contributed by atoms with E-state index in [1.165, 1.54) is 6.20 Å². The predicted molar refractivity (Wildman–Crippen MR) is 77.6 cm³/mol. The normalized spacial score (nSPS) is 10.9. The number of fused-ring (bicyclic) bond motifs is 1. The van der Waals surface area contributed by atoms with Gasteiger partial charge in [-0.15, -0.1) is 0 Å². The maximum Gasteiger partial charge on any atom is 0.258 e. The number of pyridine rings is 1. The van der Waals surface area contributed by atoms with Crippen LogP contribution in [0, 0.1) is 18.6 Å². The number of halogens is 2. The molecule has 7 heteroatoms. The number of carbonyl (C=O) groups excluding carboxylic acids is 1. The minimum absolute atomic E-state index is 0.358. The lowest BCUT2D eigenvalue weighted by Crippen LogP contribution is -2.14. The Kier molecular flexibility index (Phi) is 3.32. The third kappa shape index (κ3) is 2.41. The van der Waals surface area contributed by atoms with Crippen molar-refractivity contribution in [3.63, 3.8) is 0 Å². The van der Waals surface area contributed by atoms with Crippen LogP contribution in [-0.4, -0.2) is 20.7 Å². The first-order valence-electron chi connectivity index (χ1n) is 6.51. The van der Waals surface area contributed by atoms with Gasteiger partial charge in [-0.25, -0.2) is 13.8 Å². The summed E-state index contributed by atoms with van der Waals surface area (Å²) in [5, 5.41) is 7.51. The molecule has 0 atom stereocenters. The number of benzene rings is 1. The first-order chi connectivity index (χ1) is 10.5. The molecule has 1 aromatic carbocycles. The van der Waals surface area contributed by atoms with Crippen molar-refractivity contribution in [3.05, 3.63) is 53.4 Å². The summed E-state index contributed by atoms with van der Waals surface area (Å²) in [6.45, 7) is 1.82. The number of anilines is 1. The summed E-state index contributed by atoms with van der Waals surface area (Å²) in [7, 11) is 1.77. The Balaban J connectivity index is 1.94. The third-order valence-electron chi connectivity index (χ3n) is 3.29. The molecule has 0 spiro atoms. The molecule has 0 aliphatic carbocycles. The topological polar surface area (TPSA) is 59.8 Å². The lowest BCUT2D eigenvalue weighted by molar-refractivity contribution is 0.102. The fraction of sp³-hybridized carbons (Fsp3) is 0.133. The number of aryl methyl sites for hydroxylation is 2. The molecule has 0 fully saturated rings. The van der Waals surface area contributed by atoms with Crippen LogP contribution in [0.2, 0.25) is 0 Å². The van der Waals surface area contributed by atoms with Crippen LogP contribution < -0.4 is 5.32 Å². The summed E-state index contributed by atoms with van der Waals surface area (Å²) in [5.74, 6) is -2.20. The Labute approximate surface area is 124 Å². The van der Waals surface area contributed by atoms with Crippen molar-refractivity contribution >= 4 is 22.6 Å². The third-order valence-corrected chi connectivity index (χ3v) is 3.29. The van der Waals surface area contributed by atoms with Gasteiger partial charge in [0.2, 0.25) is 0 Å². The van der Waals surface area contributed by atoms with Crippen LogP contribution in [0.25, 0.3) is 11.0 Å². The van der Waals surface area contributed by atoms with E-state index in [4.69, 9.17) is 0 Å². The molecule has 0 radical (unpaired) electrons. The SMILES string of the molecule is Cc1nn(C)c2ncc(NC(=O)c3cc(F)ccc3F)cc12. The molecule has 0 saturated carbocycles. The van der Waals surface area contributed by atoms with E-state index in [1.807, 2.05) is 6.92 Å². The van der Waals surface area contributed by atoms with Crippen LogP contribution in [0.3, 0.4) is 0 Å². The molecule has 2 aromatic heterocycles. The average Bonchev–Trinajstić information content (AvgIpc) is 2.76. The van der Waals surface area contributed by atoms with E-state index in [9.17, 15) is 13.6 Å². The minimum Gasteiger partial charge on any atom is -0.320 e. The van der Waals surface area contributed by atoms with Gasteiger partial charge in [-0.3, -0.25) is 9.48 Å². The Hall–Kier alpha value is -2.83. The largest absolute Gasteiger partial charge is 0.320 e. The van der Waals surface area contributed by atoms with Crippen LogP contribution in [0.4, 0.5) is 14.5 Å². The highest BCUT2D eigenvalue weighted by atomic mass is 19.1. The first kappa shape index (κ1) is 14.1. The molecule has 112 valence electrons. The van der Waals surface area contributed by atoms with Crippen molar-refractivity contribution in [1.82, 2.24) is 14.8 Å². The van der Waals surface area contributed by atoms with Crippen LogP contribution in [-0.2, 0) is 7.05 Å². The smallest absolute Gasteiger partial charge is 0.258 e. The van der Waals surface area contributed by atoms with Gasteiger partial charge < -0.3 is 5.32 Å². The molecule has 2 heterocycles. The number of nitrogens with zero attached hydrogens (tertiary/aromatic N) is 3. The molecular weight excluding hydrogens is 290 g/mol. The molecule has 22 heavy (non-hydrogen) atoms. The Morgan fingerprint density at radius 3 is 2.82 bits per heavy atom. The van der Waals surface area contributed by atoms with Gasteiger partial charge >= 0.3 is 0 Å². The van der Waals surface area contributed by atoms with Gasteiger partial charge in [0.15, 0.2) is 5.65 Å². The van der Waals surface area contributed by atoms with E-state index < -0.39 is 17.5 Å². The maximum atomic E-state index is 13.6. The summed E-state index contributed by atoms with van der Waals surface area (Å²) in [6, 6.07) is 4.42. The van der Waals surface area contributed by atoms with Gasteiger partial charge in [-0.05, 0) is 31.2 Å². The molecule has 3 rings (SSSR count). The molecule has 0 bridgehead atoms. The molecular formula is C15H12F2N4O. The zero-order chi connectivity index (χ0) is 15.9. The monoisotopic (exact) mass is 302 g/mol. The van der Waals surface area contributed by atoms with Crippen LogP contribution >= 0.6 is 0 Å². The second kappa shape index (κ2) is 5.18. The van der Waals surface area contributed by atoms with E-state index >= 15 is 0 Å². The number of amides is 1. The van der Waals surface area contributed by atoms with E-state index in [1.54, 1.807) is 17.8 Å². The van der Waals surface area contributed by atoms with Gasteiger partial charge in [0, 0.05) is 12.4 Å². The quantitative estimate of drug-likeness (QED) is 0.792. The molecule has 0 aliphatic heterocycles. The van der Waals surface area contributed by atoms with Crippen LogP contribution in [0.5, 0.6) is 0 Å². The van der Waals surface area contributed by atoms with E-state index in [0.29, 0.717) is 11.3 Å². The standard InChI is InChI=1S/C15H12F2N4O/c1-8-11-6-10(7-18-14(11)21(2)20-8)19-15(22)12-5-9(16)3-4-13(12)17/h3-7H,1-2H3,(H,19,22). The fourth-order valence-corrected chi connectivity index (χ4v) is 2.25. The summed E-state index contributed by atoms with van der Waals surface area (Å²) < 4.78 is 28.4. The van der Waals surface area contributed by atoms with Gasteiger partial charge in [0.1, 0.15) is 11.6 Å². The van der Waals surface area contributed by atoms with Gasteiger partial charge in [-0.1, -0.05) is 0 Å². The van der Waals surface area contributed by atoms with Crippen LogP contribution in [0.15, 0.2) is 30.5 Å². The Bertz CT molecular complexity index is 889. The number of hydrogen-bond acceptors (Lipinski definition) is 3. The lowest BCUT2D eigenvalue weighted by Gasteiger charge is -2.06. The van der Waals surface area contributed by atoms with Crippen LogP contribution in [0.1, 0.15) is 16.1 Å². The van der Waals surface area contributed by atoms with E-state index in [2.05, 4.69) is 15.4 Å². The number of nitrogens with one attached hydrogen (secondary N) is 1. The average molecular weight is 302 g/mol. The van der Waals surface area contributed by atoms with Crippen molar-refractivity contribution in [3.8, 4) is 0 Å². The lowest BCUT2D eigenvalue weighted by atomic mass is 10.2. The van der Waals surface area contributed by atoms with Crippen molar-refractivity contribution in [1.29, 1.82) is 0 Å². The number of rotatable bonds is 2. The second-order valence-electron chi connectivity index (χ2n) is 4.88. The molecule has 3 aromatic rings. The minimum atomic E-state index is -0.787. The van der Waals surface area contributed by atoms with Crippen molar-refractivity contribution in [2.75, 3.05) is 5.32 Å². The summed E-state index contributed by atoms with van der Waals surface area (Å²) >= 11 is 0. The van der Waals surface area contributed by atoms with E-state index in [0.717, 1.165) is 29.3 Å². The summed E-state index contributed by atoms with van der Waals surface area (Å²) in [6.07, 6.45) is 1.44.